The lowest BCUT2D eigenvalue weighted by molar-refractivity contribution is 0.287. The number of benzene rings is 1. The Labute approximate surface area is 105 Å². The van der Waals surface area contributed by atoms with Crippen LogP contribution in [0.15, 0.2) is 22.6 Å². The molecular formula is C13H15ClN2O. The van der Waals surface area contributed by atoms with Gasteiger partial charge in [0.25, 0.3) is 0 Å². The first-order valence-electron chi connectivity index (χ1n) is 6.02. The van der Waals surface area contributed by atoms with Crippen molar-refractivity contribution in [1.29, 1.82) is 0 Å². The summed E-state index contributed by atoms with van der Waals surface area (Å²) in [5.74, 6) is 1.51. The van der Waals surface area contributed by atoms with Gasteiger partial charge in [-0.1, -0.05) is 18.5 Å². The van der Waals surface area contributed by atoms with Gasteiger partial charge in [-0.25, -0.2) is 4.98 Å². The number of piperidine rings is 1. The molecule has 1 aliphatic heterocycles. The average Bonchev–Trinajstić information content (AvgIpc) is 2.72. The quantitative estimate of drug-likeness (QED) is 0.841. The molecule has 0 amide bonds. The number of nitrogens with one attached hydrogen (secondary N) is 1. The molecule has 2 atom stereocenters. The molecule has 1 aromatic carbocycles. The fourth-order valence-corrected chi connectivity index (χ4v) is 2.53. The Morgan fingerprint density at radius 1 is 1.47 bits per heavy atom. The Morgan fingerprint density at radius 3 is 3.18 bits per heavy atom. The van der Waals surface area contributed by atoms with E-state index in [1.54, 1.807) is 0 Å². The number of hydrogen-bond donors (Lipinski definition) is 1. The number of oxazole rings is 1. The largest absolute Gasteiger partial charge is 0.439 e. The Morgan fingerprint density at radius 2 is 2.35 bits per heavy atom. The zero-order chi connectivity index (χ0) is 11.8. The van der Waals surface area contributed by atoms with E-state index in [1.165, 1.54) is 6.42 Å². The smallest absolute Gasteiger partial charge is 0.212 e. The van der Waals surface area contributed by atoms with Crippen LogP contribution in [0.25, 0.3) is 11.1 Å². The molecule has 0 saturated carbocycles. The molecule has 1 fully saturated rings. The third-order valence-corrected chi connectivity index (χ3v) is 3.57. The molecule has 0 radical (unpaired) electrons. The number of hydrogen-bond acceptors (Lipinski definition) is 3. The van der Waals surface area contributed by atoms with E-state index in [4.69, 9.17) is 16.0 Å². The minimum Gasteiger partial charge on any atom is -0.439 e. The molecule has 1 aromatic heterocycles. The summed E-state index contributed by atoms with van der Waals surface area (Å²) < 4.78 is 5.78. The Balaban J connectivity index is 1.94. The average molecular weight is 251 g/mol. The van der Waals surface area contributed by atoms with Crippen molar-refractivity contribution in [2.75, 3.05) is 6.54 Å². The summed E-state index contributed by atoms with van der Waals surface area (Å²) in [6.45, 7) is 3.30. The van der Waals surface area contributed by atoms with Gasteiger partial charge in [0.2, 0.25) is 5.89 Å². The molecule has 3 rings (SSSR count). The minimum atomic E-state index is 0.241. The molecule has 90 valence electrons. The van der Waals surface area contributed by atoms with Gasteiger partial charge in [0.05, 0.1) is 6.04 Å². The van der Waals surface area contributed by atoms with Gasteiger partial charge in [-0.15, -0.1) is 0 Å². The summed E-state index contributed by atoms with van der Waals surface area (Å²) in [7, 11) is 0. The van der Waals surface area contributed by atoms with Gasteiger partial charge in [0.1, 0.15) is 5.52 Å². The van der Waals surface area contributed by atoms with E-state index in [2.05, 4.69) is 17.2 Å². The first-order chi connectivity index (χ1) is 8.22. The molecule has 1 aliphatic rings. The van der Waals surface area contributed by atoms with Gasteiger partial charge in [-0.05, 0) is 43.5 Å². The molecule has 0 bridgehead atoms. The highest BCUT2D eigenvalue weighted by Gasteiger charge is 2.24. The highest BCUT2D eigenvalue weighted by Crippen LogP contribution is 2.29. The number of aromatic nitrogens is 1. The summed E-state index contributed by atoms with van der Waals surface area (Å²) in [5, 5.41) is 4.15. The van der Waals surface area contributed by atoms with E-state index in [1.807, 2.05) is 18.2 Å². The molecule has 2 heterocycles. The van der Waals surface area contributed by atoms with E-state index in [-0.39, 0.29) is 6.04 Å². The van der Waals surface area contributed by atoms with Crippen LogP contribution in [-0.4, -0.2) is 11.5 Å². The van der Waals surface area contributed by atoms with Gasteiger partial charge in [-0.2, -0.15) is 0 Å². The lowest BCUT2D eigenvalue weighted by Gasteiger charge is -2.25. The summed E-state index contributed by atoms with van der Waals surface area (Å²) in [6.07, 6.45) is 2.31. The maximum absolute atomic E-state index is 5.94. The maximum Gasteiger partial charge on any atom is 0.212 e. The second-order valence-electron chi connectivity index (χ2n) is 4.80. The molecule has 1 saturated heterocycles. The predicted octanol–water partition coefficient (Wildman–Crippen LogP) is 3.54. The van der Waals surface area contributed by atoms with Crippen molar-refractivity contribution in [2.24, 2.45) is 5.92 Å². The van der Waals surface area contributed by atoms with E-state index in [0.717, 1.165) is 35.9 Å². The third-order valence-electron chi connectivity index (χ3n) is 3.33. The highest BCUT2D eigenvalue weighted by molar-refractivity contribution is 6.31. The second kappa shape index (κ2) is 4.31. The topological polar surface area (TPSA) is 38.1 Å². The van der Waals surface area contributed by atoms with Crippen LogP contribution in [0.1, 0.15) is 31.7 Å². The van der Waals surface area contributed by atoms with Crippen LogP contribution in [0.3, 0.4) is 0 Å². The Hall–Kier alpha value is -1.06. The van der Waals surface area contributed by atoms with Crippen LogP contribution in [0.2, 0.25) is 5.02 Å². The fourth-order valence-electron chi connectivity index (χ4n) is 2.36. The molecular weight excluding hydrogens is 236 g/mol. The molecule has 3 nitrogen and oxygen atoms in total. The SMILES string of the molecule is CC1CCNC(c2nc3cc(Cl)ccc3o2)C1. The van der Waals surface area contributed by atoms with Crippen molar-refractivity contribution in [3.63, 3.8) is 0 Å². The first-order valence-corrected chi connectivity index (χ1v) is 6.39. The van der Waals surface area contributed by atoms with Gasteiger partial charge in [0, 0.05) is 5.02 Å². The standard InChI is InChI=1S/C13H15ClN2O/c1-8-4-5-15-11(6-8)13-16-10-7-9(14)2-3-12(10)17-13/h2-3,7-8,11,15H,4-6H2,1H3. The van der Waals surface area contributed by atoms with Gasteiger partial charge in [0.15, 0.2) is 5.58 Å². The van der Waals surface area contributed by atoms with Crippen LogP contribution >= 0.6 is 11.6 Å². The van der Waals surface area contributed by atoms with Crippen LogP contribution in [-0.2, 0) is 0 Å². The van der Waals surface area contributed by atoms with Crippen molar-refractivity contribution in [3.05, 3.63) is 29.1 Å². The van der Waals surface area contributed by atoms with Crippen molar-refractivity contribution in [1.82, 2.24) is 10.3 Å². The molecule has 2 unspecified atom stereocenters. The first kappa shape index (κ1) is 11.1. The third kappa shape index (κ3) is 2.17. The summed E-state index contributed by atoms with van der Waals surface area (Å²) >= 11 is 5.94. The fraction of sp³-hybridized carbons (Fsp3) is 0.462. The van der Waals surface area contributed by atoms with Crippen LogP contribution < -0.4 is 5.32 Å². The zero-order valence-electron chi connectivity index (χ0n) is 9.74. The second-order valence-corrected chi connectivity index (χ2v) is 5.24. The van der Waals surface area contributed by atoms with Crippen LogP contribution in [0, 0.1) is 5.92 Å². The number of nitrogens with zero attached hydrogens (tertiary/aromatic N) is 1. The lowest BCUT2D eigenvalue weighted by atomic mass is 9.94. The maximum atomic E-state index is 5.94. The Bertz CT molecular complexity index is 537. The van der Waals surface area contributed by atoms with E-state index in [0.29, 0.717) is 5.02 Å². The van der Waals surface area contributed by atoms with E-state index in [9.17, 15) is 0 Å². The van der Waals surface area contributed by atoms with Crippen molar-refractivity contribution in [2.45, 2.75) is 25.8 Å². The number of fused-ring (bicyclic) bond motifs is 1. The van der Waals surface area contributed by atoms with Crippen LogP contribution in [0.4, 0.5) is 0 Å². The Kier molecular flexibility index (Phi) is 2.81. The lowest BCUT2D eigenvalue weighted by Crippen LogP contribution is -2.30. The van der Waals surface area contributed by atoms with Crippen molar-refractivity contribution in [3.8, 4) is 0 Å². The monoisotopic (exact) mass is 250 g/mol. The van der Waals surface area contributed by atoms with Crippen molar-refractivity contribution >= 4 is 22.7 Å². The molecule has 2 aromatic rings. The van der Waals surface area contributed by atoms with Crippen LogP contribution in [0.5, 0.6) is 0 Å². The van der Waals surface area contributed by atoms with Gasteiger partial charge in [-0.3, -0.25) is 0 Å². The minimum absolute atomic E-state index is 0.241. The number of rotatable bonds is 1. The summed E-state index contributed by atoms with van der Waals surface area (Å²) in [6, 6.07) is 5.79. The van der Waals surface area contributed by atoms with Gasteiger partial charge >= 0.3 is 0 Å². The molecule has 0 spiro atoms. The van der Waals surface area contributed by atoms with E-state index >= 15 is 0 Å². The normalized spacial score (nSPS) is 25.3. The highest BCUT2D eigenvalue weighted by atomic mass is 35.5. The summed E-state index contributed by atoms with van der Waals surface area (Å²) in [4.78, 5) is 4.52. The molecule has 17 heavy (non-hydrogen) atoms. The van der Waals surface area contributed by atoms with Crippen molar-refractivity contribution < 1.29 is 4.42 Å². The molecule has 0 aliphatic carbocycles. The van der Waals surface area contributed by atoms with E-state index < -0.39 is 0 Å². The molecule has 4 heteroatoms. The zero-order valence-corrected chi connectivity index (χ0v) is 10.5. The summed E-state index contributed by atoms with van der Waals surface area (Å²) in [5.41, 5.74) is 1.65. The number of halogens is 1. The van der Waals surface area contributed by atoms with Gasteiger partial charge < -0.3 is 9.73 Å². The molecule has 1 N–H and O–H groups in total. The predicted molar refractivity (Wildman–Crippen MR) is 68.2 cm³/mol.